The molecule has 7 nitrogen and oxygen atoms in total. The Kier molecular flexibility index (Phi) is 5.86. The van der Waals surface area contributed by atoms with Crippen molar-refractivity contribution in [2.75, 3.05) is 0 Å². The summed E-state index contributed by atoms with van der Waals surface area (Å²) in [4.78, 5) is 16.9. The number of nitriles is 1. The zero-order valence-electron chi connectivity index (χ0n) is 16.4. The Labute approximate surface area is 170 Å². The zero-order chi connectivity index (χ0) is 20.2. The van der Waals surface area contributed by atoms with Gasteiger partial charge < -0.3 is 10.1 Å². The van der Waals surface area contributed by atoms with Crippen molar-refractivity contribution in [2.45, 2.75) is 51.1 Å². The van der Waals surface area contributed by atoms with Crippen molar-refractivity contribution in [3.8, 4) is 6.07 Å². The van der Waals surface area contributed by atoms with Crippen LogP contribution in [0.2, 0.25) is 0 Å². The van der Waals surface area contributed by atoms with Gasteiger partial charge >= 0.3 is 0 Å². The van der Waals surface area contributed by atoms with E-state index in [1.54, 1.807) is 13.0 Å². The maximum atomic E-state index is 12.7. The molecule has 0 bridgehead atoms. The summed E-state index contributed by atoms with van der Waals surface area (Å²) in [5.74, 6) is 0.101. The maximum Gasteiger partial charge on any atom is 0.270 e. The van der Waals surface area contributed by atoms with Crippen molar-refractivity contribution < 1.29 is 9.53 Å². The van der Waals surface area contributed by atoms with E-state index in [4.69, 9.17) is 10.00 Å². The number of fused-ring (bicyclic) bond motifs is 1. The van der Waals surface area contributed by atoms with E-state index in [9.17, 15) is 4.79 Å². The van der Waals surface area contributed by atoms with Crippen LogP contribution in [0.15, 0.2) is 42.6 Å². The van der Waals surface area contributed by atoms with Gasteiger partial charge in [0.2, 0.25) is 0 Å². The third kappa shape index (κ3) is 4.46. The van der Waals surface area contributed by atoms with E-state index in [-0.39, 0.29) is 24.1 Å². The summed E-state index contributed by atoms with van der Waals surface area (Å²) in [6, 6.07) is 14.3. The topological polar surface area (TPSA) is 99.1 Å². The summed E-state index contributed by atoms with van der Waals surface area (Å²) in [6.07, 6.45) is 4.06. The first-order valence-electron chi connectivity index (χ1n) is 9.98. The van der Waals surface area contributed by atoms with Gasteiger partial charge in [0.05, 0.1) is 12.2 Å². The highest BCUT2D eigenvalue weighted by atomic mass is 16.5. The van der Waals surface area contributed by atoms with Gasteiger partial charge in [-0.15, -0.1) is 0 Å². The van der Waals surface area contributed by atoms with Gasteiger partial charge in [0, 0.05) is 24.2 Å². The molecule has 1 saturated carbocycles. The number of amides is 1. The predicted octanol–water partition coefficient (Wildman–Crippen LogP) is 2.18. The molecular formula is C22H25N5O2. The number of benzene rings is 1. The van der Waals surface area contributed by atoms with Crippen molar-refractivity contribution in [1.82, 2.24) is 21.2 Å². The van der Waals surface area contributed by atoms with Crippen LogP contribution in [-0.2, 0) is 11.3 Å². The van der Waals surface area contributed by atoms with Gasteiger partial charge in [-0.2, -0.15) is 5.26 Å². The van der Waals surface area contributed by atoms with Crippen LogP contribution in [-0.4, -0.2) is 29.2 Å². The van der Waals surface area contributed by atoms with Crippen molar-refractivity contribution in [3.05, 3.63) is 65.0 Å². The standard InChI is InChI=1S/C22H25N5O2/c1-14-9-16(11-23)12-24-20(14)21(28)25-17-7-8-19-18(10-17)22(27-26-19)29-13-15-5-3-2-4-6-15/h2-6,9,12,17-19,22,26-27H,7-8,10,13H2,1H3,(H,25,28). The molecule has 2 aromatic rings. The molecular weight excluding hydrogens is 366 g/mol. The highest BCUT2D eigenvalue weighted by Gasteiger charge is 2.41. The van der Waals surface area contributed by atoms with E-state index in [1.165, 1.54) is 6.20 Å². The molecule has 7 heteroatoms. The fraction of sp³-hybridized carbons (Fsp3) is 0.409. The first-order valence-corrected chi connectivity index (χ1v) is 9.98. The Morgan fingerprint density at radius 1 is 1.31 bits per heavy atom. The molecule has 29 heavy (non-hydrogen) atoms. The van der Waals surface area contributed by atoms with E-state index in [0.717, 1.165) is 24.8 Å². The maximum absolute atomic E-state index is 12.7. The monoisotopic (exact) mass is 391 g/mol. The Morgan fingerprint density at radius 2 is 2.14 bits per heavy atom. The Morgan fingerprint density at radius 3 is 2.90 bits per heavy atom. The van der Waals surface area contributed by atoms with Gasteiger partial charge in [-0.3, -0.25) is 10.2 Å². The SMILES string of the molecule is Cc1cc(C#N)cnc1C(=O)NC1CCC2NNC(OCc3ccccc3)C2C1. The molecule has 3 N–H and O–H groups in total. The molecule has 2 fully saturated rings. The van der Waals surface area contributed by atoms with Gasteiger partial charge in [0.1, 0.15) is 18.0 Å². The van der Waals surface area contributed by atoms with Crippen LogP contribution in [0.25, 0.3) is 0 Å². The molecule has 4 atom stereocenters. The van der Waals surface area contributed by atoms with Crippen LogP contribution in [0.3, 0.4) is 0 Å². The lowest BCUT2D eigenvalue weighted by Crippen LogP contribution is -2.45. The fourth-order valence-corrected chi connectivity index (χ4v) is 4.20. The molecule has 1 aliphatic carbocycles. The summed E-state index contributed by atoms with van der Waals surface area (Å²) >= 11 is 0. The van der Waals surface area contributed by atoms with E-state index in [1.807, 2.05) is 24.3 Å². The lowest BCUT2D eigenvalue weighted by atomic mass is 9.82. The minimum absolute atomic E-state index is 0.0742. The highest BCUT2D eigenvalue weighted by Crippen LogP contribution is 2.31. The first kappa shape index (κ1) is 19.5. The summed E-state index contributed by atoms with van der Waals surface area (Å²) in [6.45, 7) is 2.35. The molecule has 150 valence electrons. The Hall–Kier alpha value is -2.79. The molecule has 0 radical (unpaired) electrons. The van der Waals surface area contributed by atoms with E-state index in [0.29, 0.717) is 29.5 Å². The average Bonchev–Trinajstić information content (AvgIpc) is 3.15. The number of ether oxygens (including phenoxy) is 1. The number of nitrogens with zero attached hydrogens (tertiary/aromatic N) is 2. The van der Waals surface area contributed by atoms with Gasteiger partial charge in [-0.1, -0.05) is 30.3 Å². The van der Waals surface area contributed by atoms with Crippen LogP contribution < -0.4 is 16.2 Å². The van der Waals surface area contributed by atoms with Crippen molar-refractivity contribution in [2.24, 2.45) is 5.92 Å². The summed E-state index contributed by atoms with van der Waals surface area (Å²) in [5, 5.41) is 12.1. The lowest BCUT2D eigenvalue weighted by molar-refractivity contribution is -0.0105. The molecule has 1 aromatic heterocycles. The number of aromatic nitrogens is 1. The first-order chi connectivity index (χ1) is 14.1. The van der Waals surface area contributed by atoms with Crippen LogP contribution in [0.5, 0.6) is 0 Å². The number of aryl methyl sites for hydroxylation is 1. The second kappa shape index (κ2) is 8.70. The molecule has 2 aliphatic rings. The van der Waals surface area contributed by atoms with Gasteiger partial charge in [0.25, 0.3) is 5.91 Å². The minimum atomic E-state index is -0.184. The summed E-state index contributed by atoms with van der Waals surface area (Å²) in [5.41, 5.74) is 9.30. The average molecular weight is 391 g/mol. The number of rotatable bonds is 5. The number of hydrogen-bond donors (Lipinski definition) is 3. The molecule has 4 rings (SSSR count). The summed E-state index contributed by atoms with van der Waals surface area (Å²) in [7, 11) is 0. The van der Waals surface area contributed by atoms with Crippen LogP contribution in [0.4, 0.5) is 0 Å². The molecule has 1 aliphatic heterocycles. The fourth-order valence-electron chi connectivity index (χ4n) is 4.20. The normalized spacial score (nSPS) is 25.8. The molecule has 0 spiro atoms. The van der Waals surface area contributed by atoms with Crippen molar-refractivity contribution in [3.63, 3.8) is 0 Å². The smallest absolute Gasteiger partial charge is 0.270 e. The van der Waals surface area contributed by atoms with Crippen molar-refractivity contribution >= 4 is 5.91 Å². The molecule has 4 unspecified atom stereocenters. The van der Waals surface area contributed by atoms with Gasteiger partial charge in [-0.25, -0.2) is 10.4 Å². The Bertz CT molecular complexity index is 911. The van der Waals surface area contributed by atoms with Gasteiger partial charge in [0.15, 0.2) is 0 Å². The number of carbonyl (C=O) groups excluding carboxylic acids is 1. The molecule has 1 amide bonds. The molecule has 1 saturated heterocycles. The second-order valence-corrected chi connectivity index (χ2v) is 7.76. The third-order valence-corrected chi connectivity index (χ3v) is 5.73. The van der Waals surface area contributed by atoms with Gasteiger partial charge in [-0.05, 0) is 43.4 Å². The minimum Gasteiger partial charge on any atom is -0.357 e. The quantitative estimate of drug-likeness (QED) is 0.723. The number of pyridine rings is 1. The number of nitrogens with one attached hydrogen (secondary N) is 3. The van der Waals surface area contributed by atoms with E-state index < -0.39 is 0 Å². The third-order valence-electron chi connectivity index (χ3n) is 5.73. The number of hydrogen-bond acceptors (Lipinski definition) is 6. The second-order valence-electron chi connectivity index (χ2n) is 7.76. The van der Waals surface area contributed by atoms with Crippen LogP contribution in [0, 0.1) is 24.2 Å². The van der Waals surface area contributed by atoms with E-state index >= 15 is 0 Å². The zero-order valence-corrected chi connectivity index (χ0v) is 16.4. The number of carbonyl (C=O) groups is 1. The van der Waals surface area contributed by atoms with Crippen LogP contribution in [0.1, 0.15) is 46.4 Å². The highest BCUT2D eigenvalue weighted by molar-refractivity contribution is 5.93. The van der Waals surface area contributed by atoms with E-state index in [2.05, 4.69) is 33.3 Å². The Balaban J connectivity index is 1.36. The molecule has 2 heterocycles. The van der Waals surface area contributed by atoms with Crippen molar-refractivity contribution in [1.29, 1.82) is 5.26 Å². The predicted molar refractivity (Wildman–Crippen MR) is 107 cm³/mol. The summed E-state index contributed by atoms with van der Waals surface area (Å²) < 4.78 is 6.11. The largest absolute Gasteiger partial charge is 0.357 e. The molecule has 1 aromatic carbocycles. The van der Waals surface area contributed by atoms with Crippen LogP contribution >= 0.6 is 0 Å². The lowest BCUT2D eigenvalue weighted by Gasteiger charge is -2.33. The number of hydrazine groups is 1.